The molecule has 2 aliphatic heterocycles. The van der Waals surface area contributed by atoms with Crippen LogP contribution in [0.2, 0.25) is 0 Å². The number of nitrogens with one attached hydrogen (secondary N) is 1. The second-order valence-corrected chi connectivity index (χ2v) is 9.27. The van der Waals surface area contributed by atoms with Gasteiger partial charge >= 0.3 is 12.1 Å². The molecule has 2 aromatic carbocycles. The van der Waals surface area contributed by atoms with Gasteiger partial charge in [0.15, 0.2) is 5.79 Å². The van der Waals surface area contributed by atoms with E-state index in [1.165, 1.54) is 7.11 Å². The van der Waals surface area contributed by atoms with Gasteiger partial charge in [-0.25, -0.2) is 4.79 Å². The Morgan fingerprint density at radius 2 is 1.71 bits per heavy atom. The monoisotopic (exact) mass is 478 g/mol. The molecule has 3 fully saturated rings. The summed E-state index contributed by atoms with van der Waals surface area (Å²) in [6.45, 7) is 0.490. The largest absolute Gasteiger partial charge is 0.468 e. The molecule has 1 aliphatic carbocycles. The Balaban J connectivity index is 1.56. The minimum Gasteiger partial charge on any atom is -0.468 e. The van der Waals surface area contributed by atoms with Crippen LogP contribution in [-0.4, -0.2) is 61.6 Å². The maximum absolute atomic E-state index is 13.6. The van der Waals surface area contributed by atoms with Crippen molar-refractivity contribution >= 4 is 23.0 Å². The number of aromatic amines is 1. The number of fused-ring (bicyclic) bond motifs is 4. The van der Waals surface area contributed by atoms with E-state index in [-0.39, 0.29) is 12.5 Å². The molecule has 1 N–H and O–H groups in total. The second kappa shape index (κ2) is 9.02. The molecule has 6 rings (SSSR count). The number of hydrogen-bond acceptors (Lipinski definition) is 6. The summed E-state index contributed by atoms with van der Waals surface area (Å²) >= 11 is 0. The van der Waals surface area contributed by atoms with Gasteiger partial charge in [0.05, 0.1) is 13.2 Å². The molecule has 0 spiro atoms. The number of aromatic nitrogens is 1. The van der Waals surface area contributed by atoms with Crippen LogP contribution in [0.1, 0.15) is 24.1 Å². The average Bonchev–Trinajstić information content (AvgIpc) is 3.36. The van der Waals surface area contributed by atoms with Gasteiger partial charge in [-0.3, -0.25) is 4.79 Å². The molecule has 8 nitrogen and oxygen atoms in total. The SMILES string of the molecule is COC(=O)[C@]1(c2cc3ccccc3[nH]2)C[C@H]2CN(C(=O)OCc3ccccc3)[C@@H]1CC2(OC)OC. The predicted octanol–water partition coefficient (Wildman–Crippen LogP) is 4.00. The van der Waals surface area contributed by atoms with Gasteiger partial charge in [0, 0.05) is 44.3 Å². The molecule has 0 radical (unpaired) electrons. The molecule has 1 saturated carbocycles. The summed E-state index contributed by atoms with van der Waals surface area (Å²) in [7, 11) is 4.59. The minimum absolute atomic E-state index is 0.144. The van der Waals surface area contributed by atoms with E-state index < -0.39 is 29.3 Å². The maximum atomic E-state index is 13.6. The van der Waals surface area contributed by atoms with E-state index in [4.69, 9.17) is 18.9 Å². The normalized spacial score (nSPS) is 24.9. The molecule has 35 heavy (non-hydrogen) atoms. The van der Waals surface area contributed by atoms with Crippen molar-refractivity contribution in [2.24, 2.45) is 5.92 Å². The molecule has 184 valence electrons. The van der Waals surface area contributed by atoms with Crippen LogP contribution in [-0.2, 0) is 35.8 Å². The molecular weight excluding hydrogens is 448 g/mol. The highest BCUT2D eigenvalue weighted by atomic mass is 16.7. The first-order valence-electron chi connectivity index (χ1n) is 11.7. The fourth-order valence-corrected chi connectivity index (χ4v) is 5.94. The van der Waals surface area contributed by atoms with Gasteiger partial charge < -0.3 is 28.8 Å². The highest BCUT2D eigenvalue weighted by Gasteiger charge is 2.67. The fourth-order valence-electron chi connectivity index (χ4n) is 5.94. The summed E-state index contributed by atoms with van der Waals surface area (Å²) < 4.78 is 22.8. The Kier molecular flexibility index (Phi) is 6.02. The van der Waals surface area contributed by atoms with E-state index >= 15 is 0 Å². The molecular formula is C27H30N2O6. The predicted molar refractivity (Wildman–Crippen MR) is 129 cm³/mol. The van der Waals surface area contributed by atoms with Gasteiger partial charge in [-0.1, -0.05) is 48.5 Å². The van der Waals surface area contributed by atoms with E-state index in [2.05, 4.69) is 4.98 Å². The third-order valence-electron chi connectivity index (χ3n) is 7.72. The molecule has 2 saturated heterocycles. The van der Waals surface area contributed by atoms with Gasteiger partial charge in [-0.2, -0.15) is 0 Å². The molecule has 3 atom stereocenters. The van der Waals surface area contributed by atoms with E-state index in [1.54, 1.807) is 19.1 Å². The molecule has 1 aromatic heterocycles. The van der Waals surface area contributed by atoms with E-state index in [9.17, 15) is 9.59 Å². The van der Waals surface area contributed by atoms with Crippen LogP contribution in [0, 0.1) is 5.92 Å². The van der Waals surface area contributed by atoms with Gasteiger partial charge in [0.1, 0.15) is 12.0 Å². The number of methoxy groups -OCH3 is 3. The topological polar surface area (TPSA) is 90.1 Å². The quantitative estimate of drug-likeness (QED) is 0.426. The summed E-state index contributed by atoms with van der Waals surface area (Å²) in [6.07, 6.45) is 0.227. The number of rotatable bonds is 6. The molecule has 3 aliphatic rings. The Labute approximate surface area is 204 Å². The lowest BCUT2D eigenvalue weighted by Gasteiger charge is -2.60. The van der Waals surface area contributed by atoms with Crippen molar-refractivity contribution in [3.05, 3.63) is 71.9 Å². The number of benzene rings is 2. The number of H-pyrrole nitrogens is 1. The zero-order valence-electron chi connectivity index (χ0n) is 20.2. The summed E-state index contributed by atoms with van der Waals surface area (Å²) in [5.41, 5.74) is 1.39. The van der Waals surface area contributed by atoms with Crippen molar-refractivity contribution in [1.29, 1.82) is 0 Å². The summed E-state index contributed by atoms with van der Waals surface area (Å²) in [5, 5.41) is 0.982. The van der Waals surface area contributed by atoms with Crippen LogP contribution < -0.4 is 0 Å². The summed E-state index contributed by atoms with van der Waals surface area (Å²) in [4.78, 5) is 32.1. The number of nitrogens with zero attached hydrogens (tertiary/aromatic N) is 1. The maximum Gasteiger partial charge on any atom is 0.410 e. The Bertz CT molecular complexity index is 1190. The van der Waals surface area contributed by atoms with E-state index in [1.807, 2.05) is 60.7 Å². The molecule has 0 unspecified atom stereocenters. The first-order chi connectivity index (χ1) is 17.0. The number of carbonyl (C=O) groups excluding carboxylic acids is 2. The highest BCUT2D eigenvalue weighted by molar-refractivity contribution is 5.89. The number of carbonyl (C=O) groups is 2. The fraction of sp³-hybridized carbons (Fsp3) is 0.407. The van der Waals surface area contributed by atoms with Crippen LogP contribution in [0.15, 0.2) is 60.7 Å². The first kappa shape index (κ1) is 23.4. The number of hydrogen-bond donors (Lipinski definition) is 1. The van der Waals surface area contributed by atoms with Crippen LogP contribution in [0.25, 0.3) is 10.9 Å². The average molecular weight is 479 g/mol. The van der Waals surface area contributed by atoms with Crippen molar-refractivity contribution in [2.75, 3.05) is 27.9 Å². The van der Waals surface area contributed by atoms with Crippen LogP contribution in [0.5, 0.6) is 0 Å². The summed E-state index contributed by atoms with van der Waals surface area (Å²) in [5.74, 6) is -1.59. The molecule has 3 aromatic rings. The van der Waals surface area contributed by atoms with Crippen LogP contribution in [0.4, 0.5) is 4.79 Å². The number of piperidine rings is 2. The van der Waals surface area contributed by atoms with Crippen molar-refractivity contribution in [2.45, 2.75) is 36.7 Å². The van der Waals surface area contributed by atoms with Crippen molar-refractivity contribution in [3.8, 4) is 0 Å². The Hall–Kier alpha value is -3.36. The summed E-state index contributed by atoms with van der Waals surface area (Å²) in [6, 6.07) is 18.7. The molecule has 1 amide bonds. The van der Waals surface area contributed by atoms with Crippen LogP contribution in [0.3, 0.4) is 0 Å². The smallest absolute Gasteiger partial charge is 0.410 e. The van der Waals surface area contributed by atoms with Crippen molar-refractivity contribution in [1.82, 2.24) is 9.88 Å². The van der Waals surface area contributed by atoms with Gasteiger partial charge in [-0.15, -0.1) is 0 Å². The lowest BCUT2D eigenvalue weighted by atomic mass is 9.58. The number of esters is 1. The van der Waals surface area contributed by atoms with Gasteiger partial charge in [-0.05, 0) is 29.5 Å². The second-order valence-electron chi connectivity index (χ2n) is 9.27. The van der Waals surface area contributed by atoms with Crippen LogP contribution >= 0.6 is 0 Å². The van der Waals surface area contributed by atoms with Gasteiger partial charge in [0.2, 0.25) is 0 Å². The Morgan fingerprint density at radius 3 is 2.37 bits per heavy atom. The molecule has 8 heteroatoms. The number of para-hydroxylation sites is 1. The number of ether oxygens (including phenoxy) is 4. The van der Waals surface area contributed by atoms with Gasteiger partial charge in [0.25, 0.3) is 0 Å². The lowest BCUT2D eigenvalue weighted by molar-refractivity contribution is -0.293. The third-order valence-corrected chi connectivity index (χ3v) is 7.72. The standard InChI is InChI=1S/C27H30N2O6/c1-32-24(30)26(22-13-19-11-7-8-12-21(19)28-22)14-20-16-29(23(26)15-27(20,33-2)34-3)25(31)35-17-18-9-5-4-6-10-18/h4-13,20,23,28H,14-17H2,1-3H3/t20-,23+,26-/m0/s1. The lowest BCUT2D eigenvalue weighted by Crippen LogP contribution is -2.73. The zero-order valence-corrected chi connectivity index (χ0v) is 20.2. The molecule has 3 heterocycles. The van der Waals surface area contributed by atoms with Crippen molar-refractivity contribution in [3.63, 3.8) is 0 Å². The third kappa shape index (κ3) is 3.68. The highest BCUT2D eigenvalue weighted by Crippen LogP contribution is 2.55. The first-order valence-corrected chi connectivity index (χ1v) is 11.7. The zero-order chi connectivity index (χ0) is 24.6. The minimum atomic E-state index is -1.12. The molecule has 2 bridgehead atoms. The van der Waals surface area contributed by atoms with E-state index in [0.717, 1.165) is 16.5 Å². The number of amides is 1. The van der Waals surface area contributed by atoms with E-state index in [0.29, 0.717) is 25.1 Å². The Morgan fingerprint density at radius 1 is 1.00 bits per heavy atom. The van der Waals surface area contributed by atoms with Crippen molar-refractivity contribution < 1.29 is 28.5 Å².